The van der Waals surface area contributed by atoms with Gasteiger partial charge in [0, 0.05) is 11.6 Å². The lowest BCUT2D eigenvalue weighted by molar-refractivity contribution is -0.177. The molecule has 3 saturated carbocycles. The normalized spacial score (nSPS) is 35.8. The summed E-state index contributed by atoms with van der Waals surface area (Å²) >= 11 is 1.20. The lowest BCUT2D eigenvalue weighted by atomic mass is 9.45. The quantitative estimate of drug-likeness (QED) is 0.410. The van der Waals surface area contributed by atoms with Gasteiger partial charge in [-0.3, -0.25) is 9.79 Å². The highest BCUT2D eigenvalue weighted by atomic mass is 32.2. The van der Waals surface area contributed by atoms with Gasteiger partial charge in [-0.05, 0) is 117 Å². The van der Waals surface area contributed by atoms with Crippen molar-refractivity contribution in [1.82, 2.24) is 9.78 Å². The van der Waals surface area contributed by atoms with E-state index in [0.29, 0.717) is 23.8 Å². The van der Waals surface area contributed by atoms with Crippen molar-refractivity contribution in [3.63, 3.8) is 0 Å². The molecule has 2 aromatic rings. The van der Waals surface area contributed by atoms with Crippen molar-refractivity contribution >= 4 is 35.1 Å². The molecule has 7 atom stereocenters. The van der Waals surface area contributed by atoms with Crippen LogP contribution < -0.4 is 0 Å². The topological polar surface area (TPSA) is 109 Å². The van der Waals surface area contributed by atoms with Crippen molar-refractivity contribution in [3.05, 3.63) is 76.8 Å². The van der Waals surface area contributed by atoms with Crippen LogP contribution in [0.5, 0.6) is 0 Å². The SMILES string of the molecule is CC=C1C=CC=NCN=C(SCC(=O)C2(O)CCC3C4CCC5=Cc6c(cnn6-c6ccccc6C)CC5(C)C4C(O)CC32C)O1. The average molecular weight is 641 g/mol. The maximum atomic E-state index is 13.9. The zero-order chi connectivity index (χ0) is 32.3. The lowest BCUT2D eigenvalue weighted by Gasteiger charge is -2.60. The molecule has 9 heteroatoms. The summed E-state index contributed by atoms with van der Waals surface area (Å²) < 4.78 is 7.99. The molecule has 7 unspecified atom stereocenters. The molecule has 3 fully saturated rings. The molecule has 5 aliphatic rings. The second-order valence-corrected chi connectivity index (χ2v) is 15.1. The van der Waals surface area contributed by atoms with Crippen molar-refractivity contribution in [2.24, 2.45) is 38.6 Å². The van der Waals surface area contributed by atoms with E-state index in [2.05, 4.69) is 65.8 Å². The fraction of sp³-hybridized carbons (Fsp3) is 0.514. The number of rotatable bonds is 4. The van der Waals surface area contributed by atoms with E-state index >= 15 is 0 Å². The van der Waals surface area contributed by atoms with Crippen molar-refractivity contribution in [2.45, 2.75) is 77.9 Å². The Balaban J connectivity index is 1.12. The molecular weight excluding hydrogens is 596 g/mol. The molecule has 46 heavy (non-hydrogen) atoms. The van der Waals surface area contributed by atoms with E-state index in [9.17, 15) is 15.0 Å². The number of Topliss-reactive ketones (excluding diaryl/α,β-unsaturated/α-hetero) is 1. The molecule has 1 aromatic carbocycles. The summed E-state index contributed by atoms with van der Waals surface area (Å²) in [4.78, 5) is 22.6. The van der Waals surface area contributed by atoms with E-state index < -0.39 is 17.1 Å². The molecule has 1 aliphatic heterocycles. The predicted molar refractivity (Wildman–Crippen MR) is 183 cm³/mol. The maximum Gasteiger partial charge on any atom is 0.253 e. The fourth-order valence-corrected chi connectivity index (χ4v) is 10.4. The van der Waals surface area contributed by atoms with Crippen molar-refractivity contribution < 1.29 is 19.7 Å². The Morgan fingerprint density at radius 3 is 2.87 bits per heavy atom. The van der Waals surface area contributed by atoms with Gasteiger partial charge in [-0.1, -0.05) is 49.4 Å². The first kappa shape index (κ1) is 31.3. The lowest BCUT2D eigenvalue weighted by Crippen LogP contribution is -2.62. The zero-order valence-electron chi connectivity index (χ0n) is 27.1. The number of aliphatic hydroxyl groups is 2. The number of fused-ring (bicyclic) bond motifs is 6. The summed E-state index contributed by atoms with van der Waals surface area (Å²) in [6, 6.07) is 8.33. The number of aromatic nitrogens is 2. The van der Waals surface area contributed by atoms with Crippen LogP contribution in [0.2, 0.25) is 0 Å². The fourth-order valence-electron chi connectivity index (χ4n) is 9.63. The summed E-state index contributed by atoms with van der Waals surface area (Å²) in [5.74, 6) is 0.890. The Kier molecular flexibility index (Phi) is 8.01. The third kappa shape index (κ3) is 4.88. The van der Waals surface area contributed by atoms with Gasteiger partial charge < -0.3 is 14.9 Å². The van der Waals surface area contributed by atoms with E-state index in [4.69, 9.17) is 9.84 Å². The highest BCUT2D eigenvalue weighted by Gasteiger charge is 2.68. The number of aliphatic imine (C=N–C) groups is 2. The molecule has 8 nitrogen and oxygen atoms in total. The highest BCUT2D eigenvalue weighted by Crippen LogP contribution is 2.67. The first-order valence-corrected chi connectivity index (χ1v) is 17.5. The number of carbonyl (C=O) groups is 1. The number of thioether (sulfide) groups is 1. The number of carbonyl (C=O) groups excluding carboxylic acids is 1. The molecule has 0 spiro atoms. The number of benzene rings is 1. The molecule has 2 heterocycles. The van der Waals surface area contributed by atoms with E-state index in [0.717, 1.165) is 37.1 Å². The van der Waals surface area contributed by atoms with Gasteiger partial charge in [-0.25, -0.2) is 9.67 Å². The number of nitrogens with zero attached hydrogens (tertiary/aromatic N) is 4. The van der Waals surface area contributed by atoms with Crippen LogP contribution in [0.4, 0.5) is 0 Å². The van der Waals surface area contributed by atoms with Crippen LogP contribution in [0.25, 0.3) is 11.8 Å². The number of ether oxygens (including phenoxy) is 1. The number of aliphatic hydroxyl groups excluding tert-OH is 1. The van der Waals surface area contributed by atoms with Crippen LogP contribution in [0.3, 0.4) is 0 Å². The second kappa shape index (κ2) is 11.8. The number of hydrogen-bond acceptors (Lipinski definition) is 8. The van der Waals surface area contributed by atoms with Crippen LogP contribution in [0.15, 0.2) is 70.0 Å². The minimum Gasteiger partial charge on any atom is -0.434 e. The van der Waals surface area contributed by atoms with Crippen LogP contribution >= 0.6 is 11.8 Å². The number of allylic oxidation sites excluding steroid dienone is 4. The number of para-hydroxylation sites is 1. The van der Waals surface area contributed by atoms with Crippen LogP contribution in [0, 0.1) is 35.5 Å². The highest BCUT2D eigenvalue weighted by molar-refractivity contribution is 8.14. The molecule has 0 bridgehead atoms. The van der Waals surface area contributed by atoms with Crippen molar-refractivity contribution in [3.8, 4) is 5.69 Å². The molecule has 0 amide bonds. The third-order valence-corrected chi connectivity index (χ3v) is 12.8. The summed E-state index contributed by atoms with van der Waals surface area (Å²) in [5, 5.41) is 29.5. The van der Waals surface area contributed by atoms with Gasteiger partial charge in [0.1, 0.15) is 18.0 Å². The third-order valence-electron chi connectivity index (χ3n) is 11.9. The molecule has 0 radical (unpaired) electrons. The Morgan fingerprint density at radius 1 is 1.24 bits per heavy atom. The summed E-state index contributed by atoms with van der Waals surface area (Å²) in [5.41, 5.74) is 3.59. The zero-order valence-corrected chi connectivity index (χ0v) is 28.0. The van der Waals surface area contributed by atoms with Gasteiger partial charge in [0.05, 0.1) is 29.4 Å². The summed E-state index contributed by atoms with van der Waals surface area (Å²) in [6.45, 7) is 8.58. The van der Waals surface area contributed by atoms with E-state index in [1.54, 1.807) is 18.4 Å². The Hall–Kier alpha value is -3.27. The van der Waals surface area contributed by atoms with Crippen LogP contribution in [0.1, 0.15) is 69.7 Å². The Morgan fingerprint density at radius 2 is 2.07 bits per heavy atom. The molecule has 7 rings (SSSR count). The van der Waals surface area contributed by atoms with E-state index in [-0.39, 0.29) is 41.4 Å². The first-order chi connectivity index (χ1) is 22.1. The van der Waals surface area contributed by atoms with E-state index in [1.807, 2.05) is 19.2 Å². The van der Waals surface area contributed by atoms with Gasteiger partial charge in [-0.15, -0.1) is 0 Å². The molecule has 242 valence electrons. The number of ketones is 1. The number of hydrogen-bond donors (Lipinski definition) is 2. The van der Waals surface area contributed by atoms with Crippen LogP contribution in [-0.2, 0) is 16.0 Å². The minimum absolute atomic E-state index is 0.0461. The van der Waals surface area contributed by atoms with Crippen molar-refractivity contribution in [2.75, 3.05) is 12.4 Å². The van der Waals surface area contributed by atoms with Gasteiger partial charge in [0.15, 0.2) is 5.78 Å². The largest absolute Gasteiger partial charge is 0.434 e. The maximum absolute atomic E-state index is 13.9. The number of aryl methyl sites for hydroxylation is 1. The first-order valence-electron chi connectivity index (χ1n) is 16.5. The van der Waals surface area contributed by atoms with Gasteiger partial charge in [-0.2, -0.15) is 5.10 Å². The average Bonchev–Trinajstić information content (AvgIpc) is 3.59. The molecule has 2 N–H and O–H groups in total. The summed E-state index contributed by atoms with van der Waals surface area (Å²) in [6.07, 6.45) is 15.1. The van der Waals surface area contributed by atoms with Gasteiger partial charge >= 0.3 is 0 Å². The summed E-state index contributed by atoms with van der Waals surface area (Å²) in [7, 11) is 0. The smallest absolute Gasteiger partial charge is 0.253 e. The second-order valence-electron chi connectivity index (χ2n) is 14.2. The molecule has 0 saturated heterocycles. The van der Waals surface area contributed by atoms with Gasteiger partial charge in [0.2, 0.25) is 0 Å². The monoisotopic (exact) mass is 640 g/mol. The molecule has 4 aliphatic carbocycles. The minimum atomic E-state index is -1.51. The Bertz CT molecular complexity index is 1710. The van der Waals surface area contributed by atoms with Crippen molar-refractivity contribution in [1.29, 1.82) is 0 Å². The Labute approximate surface area is 275 Å². The predicted octanol–water partition coefficient (Wildman–Crippen LogP) is 6.24. The standard InChI is InChI=1S/C37H44N4O4S/c1-5-26-10-8-16-38-22-39-34(45-26)46-21-32(43)37(44)15-14-28-27-13-12-25-17-30-24(20-40-41(30)29-11-7-6-9-23(29)2)18-35(25,3)33(27)31(42)19-36(28,37)4/h5-11,16-17,20,27-28,31,33,42,44H,12-15,18-19,21-22H2,1-4H3. The van der Waals surface area contributed by atoms with Crippen LogP contribution in [-0.4, -0.2) is 61.3 Å². The van der Waals surface area contributed by atoms with E-state index in [1.165, 1.54) is 28.5 Å². The molecule has 1 aromatic heterocycles. The molecular formula is C37H44N4O4S. The van der Waals surface area contributed by atoms with Gasteiger partial charge in [0.25, 0.3) is 5.23 Å².